The Labute approximate surface area is 141 Å². The topological polar surface area (TPSA) is 78.6 Å². The van der Waals surface area contributed by atoms with Crippen molar-refractivity contribution < 1.29 is 28.2 Å². The molecule has 6 nitrogen and oxygen atoms in total. The normalized spacial score (nSPS) is 15.8. The van der Waals surface area contributed by atoms with E-state index >= 15 is 0 Å². The number of carbonyl (C=O) groups is 1. The second kappa shape index (κ2) is 6.40. The Kier molecular flexibility index (Phi) is 4.42. The number of halogens is 3. The lowest BCUT2D eigenvalue weighted by Crippen LogP contribution is -2.44. The molecule has 1 atom stereocenters. The van der Waals surface area contributed by atoms with Crippen molar-refractivity contribution in [1.82, 2.24) is 14.7 Å². The van der Waals surface area contributed by atoms with Gasteiger partial charge in [0, 0.05) is 13.0 Å². The molecule has 0 aliphatic carbocycles. The van der Waals surface area contributed by atoms with Crippen LogP contribution in [0.2, 0.25) is 0 Å². The summed E-state index contributed by atoms with van der Waals surface area (Å²) < 4.78 is 39.8. The fraction of sp³-hybridized carbons (Fsp3) is 0.375. The van der Waals surface area contributed by atoms with Gasteiger partial charge in [0.15, 0.2) is 5.75 Å². The van der Waals surface area contributed by atoms with Gasteiger partial charge in [0.1, 0.15) is 6.10 Å². The van der Waals surface area contributed by atoms with Crippen LogP contribution in [-0.2, 0) is 30.5 Å². The molecule has 9 heteroatoms. The number of aliphatic hydroxyl groups excluding tert-OH is 1. The number of carbonyl (C=O) groups excluding carboxylic acids is 1. The highest BCUT2D eigenvalue weighted by Crippen LogP contribution is 2.30. The number of rotatable bonds is 3. The molecule has 3 rings (SSSR count). The van der Waals surface area contributed by atoms with Crippen molar-refractivity contribution in [1.29, 1.82) is 0 Å². The van der Waals surface area contributed by atoms with Crippen LogP contribution in [0.4, 0.5) is 13.2 Å². The van der Waals surface area contributed by atoms with E-state index in [4.69, 9.17) is 0 Å². The van der Waals surface area contributed by atoms with Gasteiger partial charge in [-0.1, -0.05) is 18.2 Å². The van der Waals surface area contributed by atoms with E-state index in [-0.39, 0.29) is 24.3 Å². The van der Waals surface area contributed by atoms with E-state index in [2.05, 4.69) is 5.10 Å². The van der Waals surface area contributed by atoms with E-state index in [0.717, 1.165) is 12.1 Å². The van der Waals surface area contributed by atoms with Crippen LogP contribution in [0.25, 0.3) is 0 Å². The number of hydrogen-bond donors (Lipinski definition) is 2. The van der Waals surface area contributed by atoms with Gasteiger partial charge < -0.3 is 15.1 Å². The number of aromatic hydroxyl groups is 1. The molecule has 134 valence electrons. The van der Waals surface area contributed by atoms with Gasteiger partial charge in [-0.2, -0.15) is 18.3 Å². The number of amides is 1. The molecule has 0 radical (unpaired) electrons. The number of aliphatic hydroxyl groups is 1. The molecule has 0 saturated carbocycles. The van der Waals surface area contributed by atoms with E-state index in [1.54, 1.807) is 4.68 Å². The van der Waals surface area contributed by atoms with E-state index in [1.165, 1.54) is 23.2 Å². The first-order valence-electron chi connectivity index (χ1n) is 7.62. The summed E-state index contributed by atoms with van der Waals surface area (Å²) in [5.74, 6) is -0.630. The molecule has 0 spiro atoms. The second-order valence-corrected chi connectivity index (χ2v) is 5.88. The average Bonchev–Trinajstić information content (AvgIpc) is 2.94. The number of fused-ring (bicyclic) bond motifs is 1. The monoisotopic (exact) mass is 355 g/mol. The first kappa shape index (κ1) is 17.3. The lowest BCUT2D eigenvalue weighted by molar-refractivity contribution is -0.141. The molecule has 1 unspecified atom stereocenters. The van der Waals surface area contributed by atoms with Crippen LogP contribution in [0, 0.1) is 0 Å². The average molecular weight is 355 g/mol. The lowest BCUT2D eigenvalue weighted by Gasteiger charge is -2.29. The molecule has 2 heterocycles. The summed E-state index contributed by atoms with van der Waals surface area (Å²) in [6.45, 7) is 0.759. The summed E-state index contributed by atoms with van der Waals surface area (Å²) in [6, 6.07) is 4.54. The maximum atomic E-state index is 12.7. The fourth-order valence-corrected chi connectivity index (χ4v) is 2.82. The summed E-state index contributed by atoms with van der Waals surface area (Å²) in [5, 5.41) is 23.8. The Morgan fingerprint density at radius 3 is 2.80 bits per heavy atom. The van der Waals surface area contributed by atoms with E-state index in [1.807, 2.05) is 0 Å². The zero-order valence-electron chi connectivity index (χ0n) is 13.1. The number of hydrogen-bond acceptors (Lipinski definition) is 4. The highest BCUT2D eigenvalue weighted by Gasteiger charge is 2.31. The Bertz CT molecular complexity index is 788. The van der Waals surface area contributed by atoms with Gasteiger partial charge in [-0.25, -0.2) is 0 Å². The summed E-state index contributed by atoms with van der Waals surface area (Å²) >= 11 is 0. The molecule has 2 N–H and O–H groups in total. The van der Waals surface area contributed by atoms with Gasteiger partial charge in [-0.15, -0.1) is 0 Å². The molecular formula is C16H16F3N3O3. The van der Waals surface area contributed by atoms with Crippen molar-refractivity contribution in [3.05, 3.63) is 47.3 Å². The highest BCUT2D eigenvalue weighted by molar-refractivity contribution is 5.81. The molecule has 1 aliphatic rings. The summed E-state index contributed by atoms with van der Waals surface area (Å²) in [6.07, 6.45) is -4.87. The predicted octanol–water partition coefficient (Wildman–Crippen LogP) is 1.55. The molecule has 1 amide bonds. The molecule has 1 aromatic heterocycles. The van der Waals surface area contributed by atoms with Crippen molar-refractivity contribution in [2.75, 3.05) is 6.54 Å². The number of alkyl halides is 3. The molecule has 25 heavy (non-hydrogen) atoms. The molecule has 0 saturated heterocycles. The minimum atomic E-state index is -4.48. The van der Waals surface area contributed by atoms with Crippen LogP contribution >= 0.6 is 0 Å². The first-order chi connectivity index (χ1) is 11.8. The number of benzene rings is 1. The zero-order chi connectivity index (χ0) is 18.2. The molecule has 0 bridgehead atoms. The molecule has 0 fully saturated rings. The maximum absolute atomic E-state index is 12.7. The minimum absolute atomic E-state index is 0.0372. The van der Waals surface area contributed by atoms with Crippen LogP contribution in [0.15, 0.2) is 30.5 Å². The third-order valence-corrected chi connectivity index (χ3v) is 4.13. The van der Waals surface area contributed by atoms with Crippen molar-refractivity contribution in [2.24, 2.45) is 0 Å². The Balaban J connectivity index is 1.69. The lowest BCUT2D eigenvalue weighted by atomic mass is 10.0. The predicted molar refractivity (Wildman–Crippen MR) is 80.5 cm³/mol. The van der Waals surface area contributed by atoms with Crippen LogP contribution in [0.5, 0.6) is 5.75 Å². The van der Waals surface area contributed by atoms with Gasteiger partial charge in [0.2, 0.25) is 0 Å². The standard InChI is InChI=1S/C16H16F3N3O3/c17-16(18,19)11-3-1-2-10(6-11)7-13(23)15(25)21-4-5-22-12(9-21)14(24)8-20-22/h1-3,6,8,13,23-24H,4-5,7,9H2. The van der Waals surface area contributed by atoms with Gasteiger partial charge in [-0.3, -0.25) is 9.48 Å². The van der Waals surface area contributed by atoms with Crippen molar-refractivity contribution in [2.45, 2.75) is 31.8 Å². The first-order valence-corrected chi connectivity index (χ1v) is 7.62. The zero-order valence-corrected chi connectivity index (χ0v) is 13.1. The summed E-state index contributed by atoms with van der Waals surface area (Å²) in [5.41, 5.74) is -0.136. The molecular weight excluding hydrogens is 339 g/mol. The van der Waals surface area contributed by atoms with Crippen LogP contribution in [-0.4, -0.2) is 43.4 Å². The van der Waals surface area contributed by atoms with Gasteiger partial charge in [0.05, 0.1) is 30.5 Å². The van der Waals surface area contributed by atoms with Crippen LogP contribution < -0.4 is 0 Å². The second-order valence-electron chi connectivity index (χ2n) is 5.88. The van der Waals surface area contributed by atoms with Crippen molar-refractivity contribution >= 4 is 5.91 Å². The van der Waals surface area contributed by atoms with Crippen LogP contribution in [0.1, 0.15) is 16.8 Å². The highest BCUT2D eigenvalue weighted by atomic mass is 19.4. The third kappa shape index (κ3) is 3.60. The Morgan fingerprint density at radius 2 is 2.08 bits per heavy atom. The van der Waals surface area contributed by atoms with Crippen LogP contribution in [0.3, 0.4) is 0 Å². The molecule has 1 aromatic carbocycles. The fourth-order valence-electron chi connectivity index (χ4n) is 2.82. The third-order valence-electron chi connectivity index (χ3n) is 4.13. The Hall–Kier alpha value is -2.55. The number of nitrogens with zero attached hydrogens (tertiary/aromatic N) is 3. The van der Waals surface area contributed by atoms with Gasteiger partial charge >= 0.3 is 6.18 Å². The van der Waals surface area contributed by atoms with Crippen molar-refractivity contribution in [3.8, 4) is 5.75 Å². The largest absolute Gasteiger partial charge is 0.504 e. The summed E-state index contributed by atoms with van der Waals surface area (Å²) in [4.78, 5) is 13.7. The quantitative estimate of drug-likeness (QED) is 0.876. The number of aromatic nitrogens is 2. The maximum Gasteiger partial charge on any atom is 0.416 e. The SMILES string of the molecule is O=C(C(O)Cc1cccc(C(F)(F)F)c1)N1CCn2ncc(O)c2C1. The summed E-state index contributed by atoms with van der Waals surface area (Å²) in [7, 11) is 0. The van der Waals surface area contributed by atoms with Gasteiger partial charge in [-0.05, 0) is 11.6 Å². The smallest absolute Gasteiger partial charge is 0.416 e. The minimum Gasteiger partial charge on any atom is -0.504 e. The molecule has 1 aliphatic heterocycles. The van der Waals surface area contributed by atoms with E-state index in [0.29, 0.717) is 18.8 Å². The van der Waals surface area contributed by atoms with E-state index in [9.17, 15) is 28.2 Å². The van der Waals surface area contributed by atoms with Gasteiger partial charge in [0.25, 0.3) is 5.91 Å². The van der Waals surface area contributed by atoms with Crippen molar-refractivity contribution in [3.63, 3.8) is 0 Å². The molecule has 2 aromatic rings. The Morgan fingerprint density at radius 1 is 1.32 bits per heavy atom. The van der Waals surface area contributed by atoms with E-state index < -0.39 is 23.8 Å².